The van der Waals surface area contributed by atoms with Crippen molar-refractivity contribution in [2.75, 3.05) is 24.5 Å². The highest BCUT2D eigenvalue weighted by Crippen LogP contribution is 2.18. The number of aromatic nitrogens is 1. The quantitative estimate of drug-likeness (QED) is 0.487. The summed E-state index contributed by atoms with van der Waals surface area (Å²) in [5.41, 5.74) is 0. The molecule has 1 fully saturated rings. The Kier molecular flexibility index (Phi) is 5.09. The van der Waals surface area contributed by atoms with Crippen LogP contribution in [0.5, 0.6) is 0 Å². The number of halogens is 1. The van der Waals surface area contributed by atoms with Gasteiger partial charge in [-0.15, -0.1) is 0 Å². The molecule has 0 aromatic carbocycles. The van der Waals surface area contributed by atoms with Crippen molar-refractivity contribution < 1.29 is 9.18 Å². The number of rotatable bonds is 3. The van der Waals surface area contributed by atoms with Gasteiger partial charge in [-0.25, -0.2) is 4.98 Å². The van der Waals surface area contributed by atoms with E-state index in [1.54, 1.807) is 29.2 Å². The van der Waals surface area contributed by atoms with E-state index in [1.807, 2.05) is 30.9 Å². The SMILES string of the molecule is C/C=C/C=C/C(=O)N1CCN(c2cccc(F)n2)C(C)C1. The Labute approximate surface area is 124 Å². The van der Waals surface area contributed by atoms with E-state index in [1.165, 1.54) is 6.07 Å². The number of carbonyl (C=O) groups excluding carboxylic acids is 1. The predicted molar refractivity (Wildman–Crippen MR) is 81.5 cm³/mol. The Morgan fingerprint density at radius 2 is 2.19 bits per heavy atom. The largest absolute Gasteiger partial charge is 0.350 e. The fraction of sp³-hybridized carbons (Fsp3) is 0.375. The maximum absolute atomic E-state index is 13.2. The van der Waals surface area contributed by atoms with Crippen LogP contribution in [0.3, 0.4) is 0 Å². The molecular weight excluding hydrogens is 269 g/mol. The van der Waals surface area contributed by atoms with Crippen molar-refractivity contribution in [2.45, 2.75) is 19.9 Å². The Hall–Kier alpha value is -2.17. The number of nitrogens with zero attached hydrogens (tertiary/aromatic N) is 3. The van der Waals surface area contributed by atoms with Gasteiger partial charge in [-0.3, -0.25) is 4.79 Å². The van der Waals surface area contributed by atoms with Crippen LogP contribution in [0.25, 0.3) is 0 Å². The summed E-state index contributed by atoms with van der Waals surface area (Å²) in [6, 6.07) is 4.89. The molecule has 0 radical (unpaired) electrons. The fourth-order valence-corrected chi connectivity index (χ4v) is 2.41. The molecule has 4 nitrogen and oxygen atoms in total. The van der Waals surface area contributed by atoms with Gasteiger partial charge < -0.3 is 9.80 Å². The number of piperazine rings is 1. The van der Waals surface area contributed by atoms with E-state index in [-0.39, 0.29) is 11.9 Å². The van der Waals surface area contributed by atoms with Gasteiger partial charge in [-0.1, -0.05) is 24.3 Å². The first-order valence-corrected chi connectivity index (χ1v) is 7.09. The summed E-state index contributed by atoms with van der Waals surface area (Å²) >= 11 is 0. The molecule has 0 N–H and O–H groups in total. The average Bonchev–Trinajstić information content (AvgIpc) is 2.47. The van der Waals surface area contributed by atoms with Gasteiger partial charge in [-0.05, 0) is 26.0 Å². The number of hydrogen-bond donors (Lipinski definition) is 0. The van der Waals surface area contributed by atoms with Crippen LogP contribution < -0.4 is 4.90 Å². The summed E-state index contributed by atoms with van der Waals surface area (Å²) in [6.07, 6.45) is 7.02. The zero-order chi connectivity index (χ0) is 15.2. The molecule has 0 spiro atoms. The van der Waals surface area contributed by atoms with Crippen LogP contribution >= 0.6 is 0 Å². The molecule has 1 aliphatic rings. The second-order valence-electron chi connectivity index (χ2n) is 5.03. The first-order chi connectivity index (χ1) is 10.1. The van der Waals surface area contributed by atoms with Crippen LogP contribution in [0.1, 0.15) is 13.8 Å². The number of anilines is 1. The Morgan fingerprint density at radius 1 is 1.38 bits per heavy atom. The molecule has 1 atom stereocenters. The highest BCUT2D eigenvalue weighted by Gasteiger charge is 2.26. The lowest BCUT2D eigenvalue weighted by molar-refractivity contribution is -0.126. The summed E-state index contributed by atoms with van der Waals surface area (Å²) < 4.78 is 13.2. The van der Waals surface area contributed by atoms with Gasteiger partial charge >= 0.3 is 0 Å². The van der Waals surface area contributed by atoms with Gasteiger partial charge in [0, 0.05) is 31.8 Å². The lowest BCUT2D eigenvalue weighted by atomic mass is 10.2. The van der Waals surface area contributed by atoms with Gasteiger partial charge in [0.1, 0.15) is 5.82 Å². The monoisotopic (exact) mass is 289 g/mol. The second-order valence-corrected chi connectivity index (χ2v) is 5.03. The first kappa shape index (κ1) is 15.2. The van der Waals surface area contributed by atoms with Gasteiger partial charge in [0.05, 0.1) is 0 Å². The van der Waals surface area contributed by atoms with Gasteiger partial charge in [0.15, 0.2) is 0 Å². The third-order valence-electron chi connectivity index (χ3n) is 3.48. The van der Waals surface area contributed by atoms with Crippen molar-refractivity contribution in [1.82, 2.24) is 9.88 Å². The number of allylic oxidation sites excluding steroid dienone is 3. The van der Waals surface area contributed by atoms with Crippen LogP contribution in [0.4, 0.5) is 10.2 Å². The summed E-state index contributed by atoms with van der Waals surface area (Å²) in [5.74, 6) is 0.151. The van der Waals surface area contributed by atoms with E-state index in [0.29, 0.717) is 25.5 Å². The van der Waals surface area contributed by atoms with Crippen LogP contribution in [-0.2, 0) is 4.79 Å². The topological polar surface area (TPSA) is 36.4 Å². The maximum Gasteiger partial charge on any atom is 0.246 e. The molecule has 0 saturated carbocycles. The lowest BCUT2D eigenvalue weighted by Crippen LogP contribution is -2.53. The lowest BCUT2D eigenvalue weighted by Gasteiger charge is -2.40. The van der Waals surface area contributed by atoms with Crippen LogP contribution in [0.15, 0.2) is 42.5 Å². The summed E-state index contributed by atoms with van der Waals surface area (Å²) in [6.45, 7) is 5.79. The van der Waals surface area contributed by atoms with Crippen molar-refractivity contribution in [3.05, 3.63) is 48.5 Å². The number of amides is 1. The van der Waals surface area contributed by atoms with Crippen molar-refractivity contribution in [3.63, 3.8) is 0 Å². The highest BCUT2D eigenvalue weighted by atomic mass is 19.1. The van der Waals surface area contributed by atoms with Gasteiger partial charge in [0.25, 0.3) is 0 Å². The molecule has 2 rings (SSSR count). The summed E-state index contributed by atoms with van der Waals surface area (Å²) in [5, 5.41) is 0. The van der Waals surface area contributed by atoms with Crippen molar-refractivity contribution in [3.8, 4) is 0 Å². The normalized spacial score (nSPS) is 19.7. The van der Waals surface area contributed by atoms with Crippen LogP contribution in [-0.4, -0.2) is 41.5 Å². The molecular formula is C16H20FN3O. The zero-order valence-corrected chi connectivity index (χ0v) is 12.4. The molecule has 1 saturated heterocycles. The van der Waals surface area contributed by atoms with Gasteiger partial charge in [0.2, 0.25) is 11.9 Å². The number of pyridine rings is 1. The van der Waals surface area contributed by atoms with E-state index < -0.39 is 5.95 Å². The molecule has 5 heteroatoms. The standard InChI is InChI=1S/C16H20FN3O/c1-3-4-5-9-16(21)19-10-11-20(13(2)12-19)15-8-6-7-14(17)18-15/h3-9,13H,10-12H2,1-2H3/b4-3+,9-5+. The van der Waals surface area contributed by atoms with E-state index in [9.17, 15) is 9.18 Å². The Morgan fingerprint density at radius 3 is 2.86 bits per heavy atom. The smallest absolute Gasteiger partial charge is 0.246 e. The number of hydrogen-bond acceptors (Lipinski definition) is 3. The molecule has 0 aliphatic carbocycles. The summed E-state index contributed by atoms with van der Waals surface area (Å²) in [7, 11) is 0. The minimum absolute atomic E-state index is 0.00630. The molecule has 1 amide bonds. The van der Waals surface area contributed by atoms with Crippen LogP contribution in [0, 0.1) is 5.95 Å². The molecule has 0 bridgehead atoms. The minimum Gasteiger partial charge on any atom is -0.350 e. The zero-order valence-electron chi connectivity index (χ0n) is 12.4. The van der Waals surface area contributed by atoms with Crippen molar-refractivity contribution in [1.29, 1.82) is 0 Å². The van der Waals surface area contributed by atoms with Crippen molar-refractivity contribution in [2.24, 2.45) is 0 Å². The molecule has 21 heavy (non-hydrogen) atoms. The molecule has 1 unspecified atom stereocenters. The van der Waals surface area contributed by atoms with E-state index in [4.69, 9.17) is 0 Å². The van der Waals surface area contributed by atoms with Crippen LogP contribution in [0.2, 0.25) is 0 Å². The average molecular weight is 289 g/mol. The second kappa shape index (κ2) is 7.02. The summed E-state index contributed by atoms with van der Waals surface area (Å²) in [4.78, 5) is 19.8. The third-order valence-corrected chi connectivity index (χ3v) is 3.48. The maximum atomic E-state index is 13.2. The van der Waals surface area contributed by atoms with Crippen molar-refractivity contribution >= 4 is 11.7 Å². The molecule has 112 valence electrons. The highest BCUT2D eigenvalue weighted by molar-refractivity contribution is 5.88. The molecule has 1 aromatic heterocycles. The number of carbonyl (C=O) groups is 1. The molecule has 1 aromatic rings. The van der Waals surface area contributed by atoms with Gasteiger partial charge in [-0.2, -0.15) is 4.39 Å². The molecule has 2 heterocycles. The third kappa shape index (κ3) is 3.90. The predicted octanol–water partition coefficient (Wildman–Crippen LogP) is 2.39. The Bertz CT molecular complexity index is 556. The Balaban J connectivity index is 2.00. The van der Waals surface area contributed by atoms with E-state index >= 15 is 0 Å². The first-order valence-electron chi connectivity index (χ1n) is 7.09. The minimum atomic E-state index is -0.479. The van der Waals surface area contributed by atoms with E-state index in [2.05, 4.69) is 4.98 Å². The molecule has 1 aliphatic heterocycles. The van der Waals surface area contributed by atoms with E-state index in [0.717, 1.165) is 0 Å². The fourth-order valence-electron chi connectivity index (χ4n) is 2.41.